The highest BCUT2D eigenvalue weighted by atomic mass is 35.5. The van der Waals surface area contributed by atoms with Gasteiger partial charge in [0.25, 0.3) is 0 Å². The lowest BCUT2D eigenvalue weighted by Crippen LogP contribution is -2.44. The second-order valence-electron chi connectivity index (χ2n) is 7.72. The van der Waals surface area contributed by atoms with Crippen LogP contribution in [0.3, 0.4) is 0 Å². The zero-order valence-electron chi connectivity index (χ0n) is 17.0. The van der Waals surface area contributed by atoms with Gasteiger partial charge < -0.3 is 5.32 Å². The van der Waals surface area contributed by atoms with E-state index in [2.05, 4.69) is 19.2 Å². The van der Waals surface area contributed by atoms with Gasteiger partial charge in [-0.2, -0.15) is 0 Å². The molecule has 0 unspecified atom stereocenters. The molecule has 1 aromatic carbocycles. The molecule has 0 spiro atoms. The van der Waals surface area contributed by atoms with E-state index < -0.39 is 10.0 Å². The van der Waals surface area contributed by atoms with Crippen molar-refractivity contribution in [3.8, 4) is 0 Å². The van der Waals surface area contributed by atoms with Crippen LogP contribution in [0.4, 0.5) is 0 Å². The number of piperidine rings is 1. The number of benzene rings is 1. The molecule has 5 nitrogen and oxygen atoms in total. The Morgan fingerprint density at radius 1 is 1.21 bits per heavy atom. The van der Waals surface area contributed by atoms with Crippen LogP contribution >= 0.6 is 11.6 Å². The number of rotatable bonds is 10. The monoisotopic (exact) mass is 428 g/mol. The molecule has 0 aromatic heterocycles. The summed E-state index contributed by atoms with van der Waals surface area (Å²) in [4.78, 5) is 12.5. The average molecular weight is 429 g/mol. The van der Waals surface area contributed by atoms with Gasteiger partial charge in [-0.05, 0) is 42.9 Å². The van der Waals surface area contributed by atoms with E-state index in [1.54, 1.807) is 24.3 Å². The second kappa shape index (κ2) is 11.2. The van der Waals surface area contributed by atoms with Gasteiger partial charge in [0, 0.05) is 30.6 Å². The van der Waals surface area contributed by atoms with Crippen molar-refractivity contribution in [2.75, 3.05) is 19.6 Å². The van der Waals surface area contributed by atoms with Crippen molar-refractivity contribution in [2.45, 2.75) is 58.1 Å². The largest absolute Gasteiger partial charge is 0.356 e. The Bertz CT molecular complexity index is 714. The summed E-state index contributed by atoms with van der Waals surface area (Å²) in [5, 5.41) is 3.68. The molecule has 1 aromatic rings. The van der Waals surface area contributed by atoms with Crippen LogP contribution < -0.4 is 5.32 Å². The fraction of sp³-hybridized carbons (Fsp3) is 0.667. The van der Waals surface area contributed by atoms with Crippen molar-refractivity contribution in [2.24, 2.45) is 11.8 Å². The van der Waals surface area contributed by atoms with E-state index in [1.165, 1.54) is 17.1 Å². The third-order valence-electron chi connectivity index (χ3n) is 5.59. The van der Waals surface area contributed by atoms with Gasteiger partial charge in [-0.3, -0.25) is 4.79 Å². The lowest BCUT2D eigenvalue weighted by atomic mass is 9.95. The van der Waals surface area contributed by atoms with Gasteiger partial charge in [-0.1, -0.05) is 56.8 Å². The van der Waals surface area contributed by atoms with Crippen molar-refractivity contribution < 1.29 is 13.2 Å². The normalized spacial score (nSPS) is 17.4. The Morgan fingerprint density at radius 3 is 2.43 bits per heavy atom. The molecule has 0 saturated carbocycles. The molecule has 1 amide bonds. The summed E-state index contributed by atoms with van der Waals surface area (Å²) in [5.74, 6) is 0.482. The van der Waals surface area contributed by atoms with Crippen molar-refractivity contribution in [1.29, 1.82) is 0 Å². The summed E-state index contributed by atoms with van der Waals surface area (Å²) in [6.45, 7) is 5.88. The third-order valence-corrected chi connectivity index (χ3v) is 7.69. The molecule has 158 valence electrons. The molecule has 1 aliphatic heterocycles. The molecule has 1 heterocycles. The first kappa shape index (κ1) is 23.2. The van der Waals surface area contributed by atoms with Crippen LogP contribution in [0, 0.1) is 11.8 Å². The van der Waals surface area contributed by atoms with Crippen LogP contribution in [0.1, 0.15) is 57.9 Å². The van der Waals surface area contributed by atoms with Crippen LogP contribution in [-0.4, -0.2) is 38.3 Å². The van der Waals surface area contributed by atoms with E-state index in [-0.39, 0.29) is 17.6 Å². The number of sulfonamides is 1. The van der Waals surface area contributed by atoms with Crippen molar-refractivity contribution >= 4 is 27.5 Å². The van der Waals surface area contributed by atoms with Gasteiger partial charge in [0.2, 0.25) is 15.9 Å². The molecule has 2 rings (SSSR count). The molecule has 1 saturated heterocycles. The van der Waals surface area contributed by atoms with E-state index >= 15 is 0 Å². The Morgan fingerprint density at radius 2 is 1.86 bits per heavy atom. The van der Waals surface area contributed by atoms with Gasteiger partial charge in [-0.25, -0.2) is 12.7 Å². The standard InChI is InChI=1S/C21H33ClN2O3S/c1-3-5-6-17(4-2)15-23-21(25)19-11-13-24(14-12-19)28(26,27)16-18-7-9-20(22)10-8-18/h7-10,17,19H,3-6,11-16H2,1-2H3,(H,23,25)/t17-/m0/s1. The highest BCUT2D eigenvalue weighted by Crippen LogP contribution is 2.23. The number of hydrogen-bond donors (Lipinski definition) is 1. The number of carbonyl (C=O) groups is 1. The molecule has 1 atom stereocenters. The maximum atomic E-state index is 12.7. The van der Waals surface area contributed by atoms with E-state index in [0.29, 0.717) is 36.9 Å². The predicted molar refractivity (Wildman–Crippen MR) is 115 cm³/mol. The Kier molecular flexibility index (Phi) is 9.25. The van der Waals surface area contributed by atoms with Crippen LogP contribution in [-0.2, 0) is 20.6 Å². The summed E-state index contributed by atoms with van der Waals surface area (Å²) in [6.07, 6.45) is 5.75. The van der Waals surface area contributed by atoms with Gasteiger partial charge >= 0.3 is 0 Å². The highest BCUT2D eigenvalue weighted by molar-refractivity contribution is 7.88. The van der Waals surface area contributed by atoms with E-state index in [0.717, 1.165) is 24.9 Å². The molecule has 0 aliphatic carbocycles. The third kappa shape index (κ3) is 7.05. The number of nitrogens with one attached hydrogen (secondary N) is 1. The van der Waals surface area contributed by atoms with Crippen molar-refractivity contribution in [3.05, 3.63) is 34.9 Å². The van der Waals surface area contributed by atoms with Crippen LogP contribution in [0.25, 0.3) is 0 Å². The molecular weight excluding hydrogens is 396 g/mol. The zero-order valence-corrected chi connectivity index (χ0v) is 18.6. The minimum absolute atomic E-state index is 0.0311. The lowest BCUT2D eigenvalue weighted by Gasteiger charge is -2.31. The number of nitrogens with zero attached hydrogens (tertiary/aromatic N) is 1. The minimum Gasteiger partial charge on any atom is -0.356 e. The fourth-order valence-electron chi connectivity index (χ4n) is 3.61. The maximum Gasteiger partial charge on any atom is 0.223 e. The summed E-state index contributed by atoms with van der Waals surface area (Å²) in [5.41, 5.74) is 0.724. The first-order valence-corrected chi connectivity index (χ1v) is 12.3. The number of halogens is 1. The number of carbonyl (C=O) groups excluding carboxylic acids is 1. The van der Waals surface area contributed by atoms with E-state index in [4.69, 9.17) is 11.6 Å². The summed E-state index contributed by atoms with van der Waals surface area (Å²) in [6, 6.07) is 6.88. The Labute approximate surface area is 174 Å². The smallest absolute Gasteiger partial charge is 0.223 e. The second-order valence-corrected chi connectivity index (χ2v) is 10.1. The topological polar surface area (TPSA) is 66.5 Å². The maximum absolute atomic E-state index is 12.7. The summed E-state index contributed by atoms with van der Waals surface area (Å²) >= 11 is 5.86. The molecule has 1 N–H and O–H groups in total. The minimum atomic E-state index is -3.38. The molecule has 1 aliphatic rings. The lowest BCUT2D eigenvalue weighted by molar-refractivity contribution is -0.126. The van der Waals surface area contributed by atoms with Crippen LogP contribution in [0.5, 0.6) is 0 Å². The first-order chi connectivity index (χ1) is 13.4. The molecule has 7 heteroatoms. The van der Waals surface area contributed by atoms with Crippen molar-refractivity contribution in [1.82, 2.24) is 9.62 Å². The van der Waals surface area contributed by atoms with Gasteiger partial charge in [0.1, 0.15) is 0 Å². The zero-order chi connectivity index (χ0) is 20.6. The Balaban J connectivity index is 1.80. The number of unbranched alkanes of at least 4 members (excludes halogenated alkanes) is 1. The molecular formula is C21H33ClN2O3S. The van der Waals surface area contributed by atoms with E-state index in [1.807, 2.05) is 0 Å². The molecule has 0 bridgehead atoms. The fourth-order valence-corrected chi connectivity index (χ4v) is 5.30. The molecule has 28 heavy (non-hydrogen) atoms. The van der Waals surface area contributed by atoms with Crippen LogP contribution in [0.15, 0.2) is 24.3 Å². The highest BCUT2D eigenvalue weighted by Gasteiger charge is 2.31. The van der Waals surface area contributed by atoms with Crippen LogP contribution in [0.2, 0.25) is 5.02 Å². The quantitative estimate of drug-likeness (QED) is 0.606. The van der Waals surface area contributed by atoms with Gasteiger partial charge in [0.15, 0.2) is 0 Å². The average Bonchev–Trinajstić information content (AvgIpc) is 2.69. The number of amides is 1. The molecule has 1 fully saturated rings. The summed E-state index contributed by atoms with van der Waals surface area (Å²) < 4.78 is 26.8. The number of hydrogen-bond acceptors (Lipinski definition) is 3. The SMILES string of the molecule is CCCC[C@H](CC)CNC(=O)C1CCN(S(=O)(=O)Cc2ccc(Cl)cc2)CC1. The van der Waals surface area contributed by atoms with Gasteiger partial charge in [0.05, 0.1) is 5.75 Å². The first-order valence-electron chi connectivity index (χ1n) is 10.4. The van der Waals surface area contributed by atoms with Gasteiger partial charge in [-0.15, -0.1) is 0 Å². The Hall–Kier alpha value is -1.11. The van der Waals surface area contributed by atoms with Crippen molar-refractivity contribution in [3.63, 3.8) is 0 Å². The molecule has 0 radical (unpaired) electrons. The predicted octanol–water partition coefficient (Wildman–Crippen LogP) is 4.21. The summed E-state index contributed by atoms with van der Waals surface area (Å²) in [7, 11) is -3.38. The van der Waals surface area contributed by atoms with E-state index in [9.17, 15) is 13.2 Å².